The lowest BCUT2D eigenvalue weighted by molar-refractivity contribution is -0.0689. The van der Waals surface area contributed by atoms with Crippen LogP contribution in [0, 0.1) is 5.92 Å². The second-order valence-corrected chi connectivity index (χ2v) is 4.82. The summed E-state index contributed by atoms with van der Waals surface area (Å²) < 4.78 is 5.71. The minimum Gasteiger partial charge on any atom is -0.373 e. The zero-order chi connectivity index (χ0) is 11.3. The van der Waals surface area contributed by atoms with Gasteiger partial charge in [-0.15, -0.1) is 0 Å². The molecule has 3 atom stereocenters. The molecule has 0 spiro atoms. The number of morpholine rings is 1. The SMILES string of the molecule is CCC(CN)CCN1CC(C)OC(C)C1. The van der Waals surface area contributed by atoms with Crippen molar-refractivity contribution in [3.05, 3.63) is 0 Å². The third-order valence-corrected chi connectivity index (χ3v) is 3.26. The van der Waals surface area contributed by atoms with Gasteiger partial charge in [0.05, 0.1) is 12.2 Å². The minimum absolute atomic E-state index is 0.381. The maximum atomic E-state index is 5.71. The zero-order valence-corrected chi connectivity index (χ0v) is 10.4. The number of ether oxygens (including phenoxy) is 1. The Morgan fingerprint density at radius 1 is 1.33 bits per heavy atom. The molecular formula is C12H26N2O. The van der Waals surface area contributed by atoms with Crippen molar-refractivity contribution < 1.29 is 4.74 Å². The molecule has 1 aliphatic heterocycles. The number of rotatable bonds is 5. The van der Waals surface area contributed by atoms with Gasteiger partial charge in [0.2, 0.25) is 0 Å². The molecule has 0 aromatic heterocycles. The van der Waals surface area contributed by atoms with Crippen LogP contribution in [0.25, 0.3) is 0 Å². The number of hydrogen-bond acceptors (Lipinski definition) is 3. The summed E-state index contributed by atoms with van der Waals surface area (Å²) in [4.78, 5) is 2.51. The second-order valence-electron chi connectivity index (χ2n) is 4.82. The van der Waals surface area contributed by atoms with Gasteiger partial charge in [-0.05, 0) is 39.3 Å². The summed E-state index contributed by atoms with van der Waals surface area (Å²) in [6, 6.07) is 0. The highest BCUT2D eigenvalue weighted by Crippen LogP contribution is 2.13. The molecule has 2 N–H and O–H groups in total. The van der Waals surface area contributed by atoms with E-state index in [2.05, 4.69) is 25.7 Å². The molecule has 0 aromatic rings. The highest BCUT2D eigenvalue weighted by Gasteiger charge is 2.22. The van der Waals surface area contributed by atoms with Gasteiger partial charge in [-0.2, -0.15) is 0 Å². The van der Waals surface area contributed by atoms with Gasteiger partial charge >= 0.3 is 0 Å². The molecule has 3 unspecified atom stereocenters. The Hall–Kier alpha value is -0.120. The summed E-state index contributed by atoms with van der Waals surface area (Å²) in [6.45, 7) is 10.7. The van der Waals surface area contributed by atoms with Gasteiger partial charge in [-0.25, -0.2) is 0 Å². The minimum atomic E-state index is 0.381. The lowest BCUT2D eigenvalue weighted by atomic mass is 10.0. The lowest BCUT2D eigenvalue weighted by Crippen LogP contribution is -2.46. The summed E-state index contributed by atoms with van der Waals surface area (Å²) >= 11 is 0. The van der Waals surface area contributed by atoms with Crippen molar-refractivity contribution in [1.82, 2.24) is 4.90 Å². The smallest absolute Gasteiger partial charge is 0.0678 e. The molecule has 1 heterocycles. The number of hydrogen-bond donors (Lipinski definition) is 1. The monoisotopic (exact) mass is 214 g/mol. The lowest BCUT2D eigenvalue weighted by Gasteiger charge is -2.35. The fraction of sp³-hybridized carbons (Fsp3) is 1.00. The van der Waals surface area contributed by atoms with Crippen LogP contribution in [0.2, 0.25) is 0 Å². The topological polar surface area (TPSA) is 38.5 Å². The average molecular weight is 214 g/mol. The van der Waals surface area contributed by atoms with Gasteiger partial charge < -0.3 is 10.5 Å². The molecule has 3 nitrogen and oxygen atoms in total. The molecule has 1 aliphatic rings. The number of nitrogens with two attached hydrogens (primary N) is 1. The van der Waals surface area contributed by atoms with Crippen LogP contribution in [0.15, 0.2) is 0 Å². The van der Waals surface area contributed by atoms with Crippen molar-refractivity contribution in [3.8, 4) is 0 Å². The Morgan fingerprint density at radius 2 is 1.93 bits per heavy atom. The zero-order valence-electron chi connectivity index (χ0n) is 10.4. The quantitative estimate of drug-likeness (QED) is 0.753. The Labute approximate surface area is 94.0 Å². The first-order chi connectivity index (χ1) is 7.15. The van der Waals surface area contributed by atoms with Crippen LogP contribution in [0.4, 0.5) is 0 Å². The fourth-order valence-corrected chi connectivity index (χ4v) is 2.32. The molecule has 0 aliphatic carbocycles. The predicted molar refractivity (Wildman–Crippen MR) is 63.9 cm³/mol. The molecule has 1 rings (SSSR count). The summed E-state index contributed by atoms with van der Waals surface area (Å²) in [5, 5.41) is 0. The maximum Gasteiger partial charge on any atom is 0.0678 e. The standard InChI is InChI=1S/C12H26N2O/c1-4-12(7-13)5-6-14-8-10(2)15-11(3)9-14/h10-12H,4-9,13H2,1-3H3. The third-order valence-electron chi connectivity index (χ3n) is 3.26. The normalized spacial score (nSPS) is 30.4. The molecule has 15 heavy (non-hydrogen) atoms. The fourth-order valence-electron chi connectivity index (χ4n) is 2.32. The van der Waals surface area contributed by atoms with Gasteiger partial charge in [-0.1, -0.05) is 13.3 Å². The van der Waals surface area contributed by atoms with Crippen LogP contribution in [0.3, 0.4) is 0 Å². The van der Waals surface area contributed by atoms with E-state index in [9.17, 15) is 0 Å². The van der Waals surface area contributed by atoms with Crippen LogP contribution < -0.4 is 5.73 Å². The first-order valence-electron chi connectivity index (χ1n) is 6.23. The summed E-state index contributed by atoms with van der Waals surface area (Å²) in [5.41, 5.74) is 5.71. The van der Waals surface area contributed by atoms with E-state index in [1.165, 1.54) is 19.4 Å². The molecule has 0 radical (unpaired) electrons. The van der Waals surface area contributed by atoms with E-state index in [-0.39, 0.29) is 0 Å². The van der Waals surface area contributed by atoms with E-state index in [1.807, 2.05) is 0 Å². The van der Waals surface area contributed by atoms with Crippen molar-refractivity contribution in [2.24, 2.45) is 11.7 Å². The second kappa shape index (κ2) is 6.46. The van der Waals surface area contributed by atoms with Crippen LogP contribution in [0.5, 0.6) is 0 Å². The number of nitrogens with zero attached hydrogens (tertiary/aromatic N) is 1. The highest BCUT2D eigenvalue weighted by atomic mass is 16.5. The molecule has 1 saturated heterocycles. The van der Waals surface area contributed by atoms with Crippen LogP contribution in [-0.4, -0.2) is 43.3 Å². The van der Waals surface area contributed by atoms with Crippen LogP contribution in [0.1, 0.15) is 33.6 Å². The van der Waals surface area contributed by atoms with Gasteiger partial charge in [0, 0.05) is 13.1 Å². The molecule has 1 fully saturated rings. The Bertz CT molecular complexity index is 161. The van der Waals surface area contributed by atoms with Gasteiger partial charge in [0.25, 0.3) is 0 Å². The van der Waals surface area contributed by atoms with E-state index in [1.54, 1.807) is 0 Å². The first-order valence-corrected chi connectivity index (χ1v) is 6.23. The summed E-state index contributed by atoms with van der Waals surface area (Å²) in [5.74, 6) is 0.693. The van der Waals surface area contributed by atoms with Crippen molar-refractivity contribution in [2.75, 3.05) is 26.2 Å². The first kappa shape index (κ1) is 12.9. The largest absolute Gasteiger partial charge is 0.373 e. The van der Waals surface area contributed by atoms with Crippen LogP contribution >= 0.6 is 0 Å². The predicted octanol–water partition coefficient (Wildman–Crippen LogP) is 1.47. The molecule has 90 valence electrons. The Morgan fingerprint density at radius 3 is 2.40 bits per heavy atom. The summed E-state index contributed by atoms with van der Waals surface area (Å²) in [6.07, 6.45) is 3.19. The molecule has 0 aromatic carbocycles. The van der Waals surface area contributed by atoms with Gasteiger partial charge in [0.15, 0.2) is 0 Å². The van der Waals surface area contributed by atoms with Gasteiger partial charge in [-0.3, -0.25) is 4.90 Å². The van der Waals surface area contributed by atoms with E-state index < -0.39 is 0 Å². The highest BCUT2D eigenvalue weighted by molar-refractivity contribution is 4.74. The van der Waals surface area contributed by atoms with Gasteiger partial charge in [0.1, 0.15) is 0 Å². The van der Waals surface area contributed by atoms with Crippen LogP contribution in [-0.2, 0) is 4.74 Å². The van der Waals surface area contributed by atoms with Crippen molar-refractivity contribution in [3.63, 3.8) is 0 Å². The van der Waals surface area contributed by atoms with E-state index in [0.717, 1.165) is 19.6 Å². The van der Waals surface area contributed by atoms with E-state index >= 15 is 0 Å². The van der Waals surface area contributed by atoms with Crippen molar-refractivity contribution in [1.29, 1.82) is 0 Å². The van der Waals surface area contributed by atoms with E-state index in [0.29, 0.717) is 18.1 Å². The third kappa shape index (κ3) is 4.49. The molecular weight excluding hydrogens is 188 g/mol. The Balaban J connectivity index is 2.25. The van der Waals surface area contributed by atoms with E-state index in [4.69, 9.17) is 10.5 Å². The molecule has 3 heteroatoms. The summed E-state index contributed by atoms with van der Waals surface area (Å²) in [7, 11) is 0. The average Bonchev–Trinajstić information content (AvgIpc) is 2.18. The maximum absolute atomic E-state index is 5.71. The molecule has 0 bridgehead atoms. The van der Waals surface area contributed by atoms with Crippen molar-refractivity contribution in [2.45, 2.75) is 45.8 Å². The Kier molecular flexibility index (Phi) is 5.58. The molecule has 0 saturated carbocycles. The molecule has 0 amide bonds. The van der Waals surface area contributed by atoms with Crippen molar-refractivity contribution >= 4 is 0 Å².